The molecule has 20 heavy (non-hydrogen) atoms. The molecule has 1 saturated heterocycles. The summed E-state index contributed by atoms with van der Waals surface area (Å²) < 4.78 is 5.18. The lowest BCUT2D eigenvalue weighted by Crippen LogP contribution is -2.47. The molecule has 110 valence electrons. The predicted molar refractivity (Wildman–Crippen MR) is 78.5 cm³/mol. The van der Waals surface area contributed by atoms with Gasteiger partial charge in [-0.05, 0) is 18.2 Å². The van der Waals surface area contributed by atoms with E-state index < -0.39 is 11.6 Å². The Morgan fingerprint density at radius 3 is 2.75 bits per heavy atom. The molecule has 2 amide bonds. The fourth-order valence-corrected chi connectivity index (χ4v) is 2.27. The quantitative estimate of drug-likeness (QED) is 0.802. The number of anilines is 1. The van der Waals surface area contributed by atoms with Crippen molar-refractivity contribution in [3.05, 3.63) is 28.2 Å². The standard InChI is InChI=1S/C13H16Cl2N2O3/c14-9-1-2-10(15)11(7-9)17-12(18)16-8-13(19)3-5-20-6-4-13/h1-2,7,19H,3-6,8H2,(H2,16,17,18). The Hall–Kier alpha value is -1.01. The van der Waals surface area contributed by atoms with Crippen LogP contribution >= 0.6 is 23.2 Å². The minimum atomic E-state index is -0.909. The smallest absolute Gasteiger partial charge is 0.319 e. The van der Waals surface area contributed by atoms with Gasteiger partial charge in [-0.2, -0.15) is 0 Å². The van der Waals surface area contributed by atoms with Crippen molar-refractivity contribution in [2.75, 3.05) is 25.1 Å². The topological polar surface area (TPSA) is 70.6 Å². The van der Waals surface area contributed by atoms with E-state index in [0.29, 0.717) is 41.8 Å². The summed E-state index contributed by atoms with van der Waals surface area (Å²) in [5.41, 5.74) is -0.482. The predicted octanol–water partition coefficient (Wildman–Crippen LogP) is 2.66. The monoisotopic (exact) mass is 318 g/mol. The number of benzene rings is 1. The molecule has 5 nitrogen and oxygen atoms in total. The summed E-state index contributed by atoms with van der Waals surface area (Å²) in [5.74, 6) is 0. The van der Waals surface area contributed by atoms with E-state index in [0.717, 1.165) is 0 Å². The van der Waals surface area contributed by atoms with Gasteiger partial charge in [0.1, 0.15) is 0 Å². The van der Waals surface area contributed by atoms with E-state index >= 15 is 0 Å². The Kier molecular flexibility index (Phi) is 5.10. The lowest BCUT2D eigenvalue weighted by molar-refractivity contribution is -0.0598. The number of hydrogen-bond donors (Lipinski definition) is 3. The number of amides is 2. The Labute approximate surface area is 127 Å². The van der Waals surface area contributed by atoms with Crippen LogP contribution in [-0.4, -0.2) is 36.5 Å². The Morgan fingerprint density at radius 2 is 2.05 bits per heavy atom. The van der Waals surface area contributed by atoms with Gasteiger partial charge < -0.3 is 20.5 Å². The van der Waals surface area contributed by atoms with Crippen molar-refractivity contribution in [2.24, 2.45) is 0 Å². The lowest BCUT2D eigenvalue weighted by atomic mass is 9.94. The molecule has 0 saturated carbocycles. The minimum Gasteiger partial charge on any atom is -0.388 e. The molecule has 0 radical (unpaired) electrons. The Bertz CT molecular complexity index is 491. The number of hydrogen-bond acceptors (Lipinski definition) is 3. The molecule has 0 aliphatic carbocycles. The molecule has 0 spiro atoms. The number of urea groups is 1. The maximum absolute atomic E-state index is 11.8. The van der Waals surface area contributed by atoms with Crippen molar-refractivity contribution in [3.63, 3.8) is 0 Å². The molecule has 1 aromatic rings. The first kappa shape index (κ1) is 15.4. The summed E-state index contributed by atoms with van der Waals surface area (Å²) in [6, 6.07) is 4.37. The number of nitrogens with one attached hydrogen (secondary N) is 2. The van der Waals surface area contributed by atoms with Gasteiger partial charge in [0.25, 0.3) is 0 Å². The van der Waals surface area contributed by atoms with E-state index in [1.54, 1.807) is 18.2 Å². The van der Waals surface area contributed by atoms with Crippen molar-refractivity contribution < 1.29 is 14.6 Å². The number of halogens is 2. The molecule has 1 aliphatic rings. The Balaban J connectivity index is 1.87. The normalized spacial score (nSPS) is 17.6. The summed E-state index contributed by atoms with van der Waals surface area (Å²) >= 11 is 11.8. The van der Waals surface area contributed by atoms with Crippen LogP contribution in [0.25, 0.3) is 0 Å². The van der Waals surface area contributed by atoms with E-state index in [1.807, 2.05) is 0 Å². The Morgan fingerprint density at radius 1 is 1.35 bits per heavy atom. The highest BCUT2D eigenvalue weighted by molar-refractivity contribution is 6.35. The molecule has 0 atom stereocenters. The first-order chi connectivity index (χ1) is 9.48. The van der Waals surface area contributed by atoms with Crippen LogP contribution in [0.5, 0.6) is 0 Å². The van der Waals surface area contributed by atoms with Crippen molar-refractivity contribution in [1.29, 1.82) is 0 Å². The highest BCUT2D eigenvalue weighted by Gasteiger charge is 2.30. The van der Waals surface area contributed by atoms with Gasteiger partial charge in [-0.25, -0.2) is 4.79 Å². The highest BCUT2D eigenvalue weighted by Crippen LogP contribution is 2.25. The van der Waals surface area contributed by atoms with Crippen LogP contribution in [0.2, 0.25) is 10.0 Å². The molecular weight excluding hydrogens is 303 g/mol. The van der Waals surface area contributed by atoms with Crippen LogP contribution in [-0.2, 0) is 4.74 Å². The number of rotatable bonds is 3. The van der Waals surface area contributed by atoms with E-state index in [-0.39, 0.29) is 6.54 Å². The van der Waals surface area contributed by atoms with Crippen LogP contribution in [0, 0.1) is 0 Å². The molecule has 2 rings (SSSR count). The van der Waals surface area contributed by atoms with E-state index in [2.05, 4.69) is 10.6 Å². The maximum atomic E-state index is 11.8. The molecule has 1 fully saturated rings. The molecule has 1 heterocycles. The highest BCUT2D eigenvalue weighted by atomic mass is 35.5. The number of carbonyl (C=O) groups excluding carboxylic acids is 1. The zero-order valence-corrected chi connectivity index (χ0v) is 12.3. The number of ether oxygens (including phenoxy) is 1. The van der Waals surface area contributed by atoms with Crippen LogP contribution in [0.4, 0.5) is 10.5 Å². The van der Waals surface area contributed by atoms with Gasteiger partial charge in [-0.15, -0.1) is 0 Å². The fraction of sp³-hybridized carbons (Fsp3) is 0.462. The van der Waals surface area contributed by atoms with Gasteiger partial charge >= 0.3 is 6.03 Å². The maximum Gasteiger partial charge on any atom is 0.319 e. The SMILES string of the molecule is O=C(NCC1(O)CCOCC1)Nc1cc(Cl)ccc1Cl. The van der Waals surface area contributed by atoms with Crippen LogP contribution in [0.1, 0.15) is 12.8 Å². The van der Waals surface area contributed by atoms with Gasteiger partial charge in [0.2, 0.25) is 0 Å². The number of aliphatic hydroxyl groups is 1. The third-order valence-electron chi connectivity index (χ3n) is 3.18. The lowest BCUT2D eigenvalue weighted by Gasteiger charge is -2.32. The summed E-state index contributed by atoms with van der Waals surface area (Å²) in [6.07, 6.45) is 1.01. The fourth-order valence-electron chi connectivity index (χ4n) is 1.93. The second kappa shape index (κ2) is 6.63. The third kappa shape index (κ3) is 4.24. The second-order valence-electron chi connectivity index (χ2n) is 4.77. The summed E-state index contributed by atoms with van der Waals surface area (Å²) in [7, 11) is 0. The van der Waals surface area contributed by atoms with E-state index in [4.69, 9.17) is 27.9 Å². The zero-order chi connectivity index (χ0) is 14.6. The second-order valence-corrected chi connectivity index (χ2v) is 5.61. The van der Waals surface area contributed by atoms with E-state index in [9.17, 15) is 9.90 Å². The average molecular weight is 319 g/mol. The largest absolute Gasteiger partial charge is 0.388 e. The third-order valence-corrected chi connectivity index (χ3v) is 3.74. The number of carbonyl (C=O) groups is 1. The molecule has 7 heteroatoms. The average Bonchev–Trinajstić information content (AvgIpc) is 2.42. The van der Waals surface area contributed by atoms with Crippen LogP contribution < -0.4 is 10.6 Å². The van der Waals surface area contributed by atoms with Gasteiger partial charge in [0.15, 0.2) is 0 Å². The first-order valence-electron chi connectivity index (χ1n) is 6.29. The molecule has 3 N–H and O–H groups in total. The van der Waals surface area contributed by atoms with Crippen molar-refractivity contribution in [3.8, 4) is 0 Å². The summed E-state index contributed by atoms with van der Waals surface area (Å²) in [5, 5.41) is 16.3. The van der Waals surface area contributed by atoms with Crippen molar-refractivity contribution in [2.45, 2.75) is 18.4 Å². The summed E-state index contributed by atoms with van der Waals surface area (Å²) in [4.78, 5) is 11.8. The van der Waals surface area contributed by atoms with Gasteiger partial charge in [-0.3, -0.25) is 0 Å². The minimum absolute atomic E-state index is 0.167. The molecule has 1 aromatic carbocycles. The van der Waals surface area contributed by atoms with Crippen molar-refractivity contribution >= 4 is 34.9 Å². The van der Waals surface area contributed by atoms with Gasteiger partial charge in [0.05, 0.1) is 16.3 Å². The molecule has 0 aromatic heterocycles. The molecule has 0 bridgehead atoms. The van der Waals surface area contributed by atoms with Crippen molar-refractivity contribution in [1.82, 2.24) is 5.32 Å². The summed E-state index contributed by atoms with van der Waals surface area (Å²) in [6.45, 7) is 1.17. The van der Waals surface area contributed by atoms with Crippen LogP contribution in [0.15, 0.2) is 18.2 Å². The molecule has 1 aliphatic heterocycles. The van der Waals surface area contributed by atoms with Crippen LogP contribution in [0.3, 0.4) is 0 Å². The first-order valence-corrected chi connectivity index (χ1v) is 7.04. The molecular formula is C13H16Cl2N2O3. The molecule has 0 unspecified atom stereocenters. The van der Waals surface area contributed by atoms with Gasteiger partial charge in [0, 0.05) is 37.6 Å². The van der Waals surface area contributed by atoms with Gasteiger partial charge in [-0.1, -0.05) is 23.2 Å². The zero-order valence-electron chi connectivity index (χ0n) is 10.8. The van der Waals surface area contributed by atoms with E-state index in [1.165, 1.54) is 0 Å².